The van der Waals surface area contributed by atoms with Crippen LogP contribution in [0.3, 0.4) is 0 Å². The monoisotopic (exact) mass is 418 g/mol. The summed E-state index contributed by atoms with van der Waals surface area (Å²) in [5.41, 5.74) is 3.49. The number of hydrogen-bond donors (Lipinski definition) is 0. The van der Waals surface area contributed by atoms with Gasteiger partial charge in [0.1, 0.15) is 11.4 Å². The topological polar surface area (TPSA) is 59.0 Å². The Morgan fingerprint density at radius 2 is 1.47 bits per heavy atom. The molecule has 1 amide bonds. The van der Waals surface area contributed by atoms with Gasteiger partial charge in [0.15, 0.2) is 0 Å². The Morgan fingerprint density at radius 1 is 0.900 bits per heavy atom. The van der Waals surface area contributed by atoms with Gasteiger partial charge in [-0.15, -0.1) is 10.2 Å². The minimum atomic E-state index is 0.149. The van der Waals surface area contributed by atoms with Gasteiger partial charge >= 0.3 is 0 Å². The number of carbonyl (C=O) groups is 1. The summed E-state index contributed by atoms with van der Waals surface area (Å²) in [4.78, 5) is 19.5. The van der Waals surface area contributed by atoms with Gasteiger partial charge in [-0.1, -0.05) is 86.3 Å². The van der Waals surface area contributed by atoms with Gasteiger partial charge in [0.2, 0.25) is 11.1 Å². The molecule has 0 N–H and O–H groups in total. The van der Waals surface area contributed by atoms with Gasteiger partial charge in [-0.3, -0.25) is 4.79 Å². The fourth-order valence-electron chi connectivity index (χ4n) is 4.04. The second kappa shape index (κ2) is 9.39. The first-order valence-electron chi connectivity index (χ1n) is 10.4. The van der Waals surface area contributed by atoms with Gasteiger partial charge in [-0.2, -0.15) is 0 Å². The molecule has 2 aromatic carbocycles. The molecule has 1 aromatic heterocycles. The van der Waals surface area contributed by atoms with E-state index in [-0.39, 0.29) is 5.91 Å². The molecule has 0 bridgehead atoms. The van der Waals surface area contributed by atoms with Crippen molar-refractivity contribution in [1.29, 1.82) is 0 Å². The lowest BCUT2D eigenvalue weighted by Crippen LogP contribution is -2.43. The van der Waals surface area contributed by atoms with Crippen LogP contribution in [0.25, 0.3) is 22.5 Å². The summed E-state index contributed by atoms with van der Waals surface area (Å²) in [6, 6.07) is 19.9. The average molecular weight is 419 g/mol. The van der Waals surface area contributed by atoms with Gasteiger partial charge in [-0.05, 0) is 18.3 Å². The molecule has 1 fully saturated rings. The quantitative estimate of drug-likeness (QED) is 0.557. The number of piperidine rings is 1. The zero-order valence-corrected chi connectivity index (χ0v) is 18.2. The second-order valence-electron chi connectivity index (χ2n) is 8.06. The lowest BCUT2D eigenvalue weighted by Gasteiger charge is -2.34. The molecule has 0 radical (unpaired) electrons. The maximum Gasteiger partial charge on any atom is 0.233 e. The Hall–Kier alpha value is -2.73. The largest absolute Gasteiger partial charge is 0.341 e. The molecule has 2 heterocycles. The van der Waals surface area contributed by atoms with Crippen molar-refractivity contribution in [2.45, 2.75) is 25.4 Å². The predicted molar refractivity (Wildman–Crippen MR) is 121 cm³/mol. The first-order chi connectivity index (χ1) is 14.6. The molecule has 0 spiro atoms. The molecule has 4 rings (SSSR count). The zero-order valence-electron chi connectivity index (χ0n) is 17.4. The molecule has 5 nitrogen and oxygen atoms in total. The summed E-state index contributed by atoms with van der Waals surface area (Å²) in [5, 5.41) is 9.33. The fourth-order valence-corrected chi connectivity index (χ4v) is 4.73. The molecule has 6 heteroatoms. The van der Waals surface area contributed by atoms with E-state index in [4.69, 9.17) is 4.98 Å². The summed E-state index contributed by atoms with van der Waals surface area (Å²) < 4.78 is 0. The van der Waals surface area contributed by atoms with E-state index in [9.17, 15) is 4.79 Å². The van der Waals surface area contributed by atoms with Gasteiger partial charge in [-0.25, -0.2) is 4.98 Å². The van der Waals surface area contributed by atoms with Crippen LogP contribution in [0, 0.1) is 11.8 Å². The first-order valence-corrected chi connectivity index (χ1v) is 11.3. The molecule has 2 atom stereocenters. The van der Waals surface area contributed by atoms with E-state index < -0.39 is 0 Å². The standard InChI is InChI=1S/C24H26N4OS/c1-17-13-18(2)15-28(14-17)21(29)16-30-24-25-22(19-9-5-3-6-10-19)23(26-27-24)20-11-7-4-8-12-20/h3-12,17-18H,13-16H2,1-2H3. The van der Waals surface area contributed by atoms with Crippen molar-refractivity contribution in [2.75, 3.05) is 18.8 Å². The molecular weight excluding hydrogens is 392 g/mol. The lowest BCUT2D eigenvalue weighted by molar-refractivity contribution is -0.130. The third kappa shape index (κ3) is 4.87. The van der Waals surface area contributed by atoms with E-state index in [2.05, 4.69) is 24.0 Å². The Bertz CT molecular complexity index is 987. The van der Waals surface area contributed by atoms with Crippen LogP contribution in [0.4, 0.5) is 0 Å². The highest BCUT2D eigenvalue weighted by Gasteiger charge is 2.25. The molecule has 2 unspecified atom stereocenters. The number of amides is 1. The Kier molecular flexibility index (Phi) is 6.43. The average Bonchev–Trinajstić information content (AvgIpc) is 2.78. The number of benzene rings is 2. The number of hydrogen-bond acceptors (Lipinski definition) is 5. The third-order valence-electron chi connectivity index (χ3n) is 5.31. The second-order valence-corrected chi connectivity index (χ2v) is 9.00. The van der Waals surface area contributed by atoms with Crippen molar-refractivity contribution in [3.8, 4) is 22.5 Å². The number of thioether (sulfide) groups is 1. The molecule has 1 aliphatic heterocycles. The summed E-state index contributed by atoms with van der Waals surface area (Å²) in [6.07, 6.45) is 1.19. The van der Waals surface area contributed by atoms with Crippen molar-refractivity contribution in [2.24, 2.45) is 11.8 Å². The van der Waals surface area contributed by atoms with E-state index in [0.717, 1.165) is 35.6 Å². The van der Waals surface area contributed by atoms with Crippen molar-refractivity contribution in [1.82, 2.24) is 20.1 Å². The number of rotatable bonds is 5. The highest BCUT2D eigenvalue weighted by molar-refractivity contribution is 7.99. The fraction of sp³-hybridized carbons (Fsp3) is 0.333. The molecule has 0 aliphatic carbocycles. The molecule has 3 aromatic rings. The molecule has 1 saturated heterocycles. The lowest BCUT2D eigenvalue weighted by atomic mass is 9.92. The van der Waals surface area contributed by atoms with E-state index in [1.807, 2.05) is 65.6 Å². The summed E-state index contributed by atoms with van der Waals surface area (Å²) in [7, 11) is 0. The molecule has 0 saturated carbocycles. The van der Waals surface area contributed by atoms with Gasteiger partial charge < -0.3 is 4.90 Å². The van der Waals surface area contributed by atoms with Crippen LogP contribution in [0.5, 0.6) is 0 Å². The van der Waals surface area contributed by atoms with Crippen molar-refractivity contribution in [3.05, 3.63) is 60.7 Å². The first kappa shape index (κ1) is 20.5. The van der Waals surface area contributed by atoms with Crippen LogP contribution in [-0.4, -0.2) is 44.8 Å². The van der Waals surface area contributed by atoms with E-state index in [1.54, 1.807) is 0 Å². The predicted octanol–water partition coefficient (Wildman–Crippen LogP) is 4.80. The van der Waals surface area contributed by atoms with Crippen LogP contribution in [0.15, 0.2) is 65.8 Å². The molecule has 1 aliphatic rings. The van der Waals surface area contributed by atoms with E-state index >= 15 is 0 Å². The van der Waals surface area contributed by atoms with Crippen LogP contribution in [0.1, 0.15) is 20.3 Å². The molecule has 30 heavy (non-hydrogen) atoms. The molecule has 154 valence electrons. The highest BCUT2D eigenvalue weighted by atomic mass is 32.2. The van der Waals surface area contributed by atoms with Crippen molar-refractivity contribution < 1.29 is 4.79 Å². The number of aromatic nitrogens is 3. The Balaban J connectivity index is 1.55. The SMILES string of the molecule is CC1CC(C)CN(C(=O)CSc2nnc(-c3ccccc3)c(-c3ccccc3)n2)C1. The van der Waals surface area contributed by atoms with E-state index in [0.29, 0.717) is 22.7 Å². The third-order valence-corrected chi connectivity index (χ3v) is 6.13. The van der Waals surface area contributed by atoms with Gasteiger partial charge in [0.05, 0.1) is 5.75 Å². The normalized spacial score (nSPS) is 18.9. The molecular formula is C24H26N4OS. The zero-order chi connectivity index (χ0) is 20.9. The van der Waals surface area contributed by atoms with Gasteiger partial charge in [0, 0.05) is 24.2 Å². The van der Waals surface area contributed by atoms with Crippen molar-refractivity contribution in [3.63, 3.8) is 0 Å². The van der Waals surface area contributed by atoms with Crippen LogP contribution in [-0.2, 0) is 4.79 Å². The number of carbonyl (C=O) groups excluding carboxylic acids is 1. The maximum absolute atomic E-state index is 12.7. The maximum atomic E-state index is 12.7. The number of likely N-dealkylation sites (tertiary alicyclic amines) is 1. The van der Waals surface area contributed by atoms with Gasteiger partial charge in [0.25, 0.3) is 0 Å². The summed E-state index contributed by atoms with van der Waals surface area (Å²) in [6.45, 7) is 6.10. The van der Waals surface area contributed by atoms with Crippen molar-refractivity contribution >= 4 is 17.7 Å². The Labute approximate surface area is 181 Å². The summed E-state index contributed by atoms with van der Waals surface area (Å²) >= 11 is 1.36. The highest BCUT2D eigenvalue weighted by Crippen LogP contribution is 2.30. The summed E-state index contributed by atoms with van der Waals surface area (Å²) in [5.74, 6) is 1.58. The van der Waals surface area contributed by atoms with Crippen LogP contribution in [0.2, 0.25) is 0 Å². The van der Waals surface area contributed by atoms with Crippen LogP contribution >= 0.6 is 11.8 Å². The smallest absolute Gasteiger partial charge is 0.233 e. The minimum Gasteiger partial charge on any atom is -0.341 e. The number of nitrogens with zero attached hydrogens (tertiary/aromatic N) is 4. The minimum absolute atomic E-state index is 0.149. The van der Waals surface area contributed by atoms with Crippen LogP contribution < -0.4 is 0 Å². The van der Waals surface area contributed by atoms with E-state index in [1.165, 1.54) is 18.2 Å². The Morgan fingerprint density at radius 3 is 2.07 bits per heavy atom.